The molecule has 2 rings (SSSR count). The molecule has 1 N–H and O–H groups in total. The summed E-state index contributed by atoms with van der Waals surface area (Å²) in [6.45, 7) is 6.14. The van der Waals surface area contributed by atoms with Crippen LogP contribution in [0.1, 0.15) is 29.9 Å². The lowest BCUT2D eigenvalue weighted by atomic mass is 10.1. The first-order valence-corrected chi connectivity index (χ1v) is 6.45. The summed E-state index contributed by atoms with van der Waals surface area (Å²) >= 11 is 0. The minimum absolute atomic E-state index is 0.166. The lowest BCUT2D eigenvalue weighted by molar-refractivity contribution is 0.408. The smallest absolute Gasteiger partial charge is 0.124 e. The van der Waals surface area contributed by atoms with E-state index < -0.39 is 0 Å². The number of rotatable bonds is 4. The summed E-state index contributed by atoms with van der Waals surface area (Å²) in [6.07, 6.45) is 0. The van der Waals surface area contributed by atoms with Gasteiger partial charge in [0.25, 0.3) is 0 Å². The molecule has 1 aromatic heterocycles. The van der Waals surface area contributed by atoms with Crippen LogP contribution in [0.25, 0.3) is 0 Å². The van der Waals surface area contributed by atoms with Crippen molar-refractivity contribution in [2.75, 3.05) is 12.4 Å². The zero-order valence-electron chi connectivity index (χ0n) is 11.9. The Bertz CT molecular complexity index is 566. The summed E-state index contributed by atoms with van der Waals surface area (Å²) in [4.78, 5) is 4.47. The van der Waals surface area contributed by atoms with Crippen LogP contribution < -0.4 is 10.1 Å². The van der Waals surface area contributed by atoms with Gasteiger partial charge in [-0.1, -0.05) is 18.2 Å². The Morgan fingerprint density at radius 2 is 1.84 bits per heavy atom. The molecule has 0 aliphatic carbocycles. The van der Waals surface area contributed by atoms with Crippen molar-refractivity contribution in [1.29, 1.82) is 0 Å². The molecule has 1 aromatic carbocycles. The minimum atomic E-state index is 0.166. The average Bonchev–Trinajstić information content (AvgIpc) is 2.41. The molecule has 0 aliphatic heterocycles. The molecular weight excluding hydrogens is 236 g/mol. The van der Waals surface area contributed by atoms with Gasteiger partial charge in [0.05, 0.1) is 24.5 Å². The van der Waals surface area contributed by atoms with E-state index in [4.69, 9.17) is 4.74 Å². The molecule has 0 fully saturated rings. The molecule has 0 amide bonds. The lowest BCUT2D eigenvalue weighted by Crippen LogP contribution is -2.09. The maximum absolute atomic E-state index is 5.40. The number of hydrogen-bond acceptors (Lipinski definition) is 3. The van der Waals surface area contributed by atoms with Crippen molar-refractivity contribution in [2.24, 2.45) is 0 Å². The Kier molecular flexibility index (Phi) is 4.05. The fourth-order valence-electron chi connectivity index (χ4n) is 2.17. The van der Waals surface area contributed by atoms with Gasteiger partial charge in [0.1, 0.15) is 5.75 Å². The van der Waals surface area contributed by atoms with Crippen LogP contribution in [0.5, 0.6) is 5.75 Å². The quantitative estimate of drug-likeness (QED) is 0.901. The predicted octanol–water partition coefficient (Wildman–Crippen LogP) is 3.88. The SMILES string of the molecule is COc1ccccc1C(C)Nc1ccc(C)nc1C. The van der Waals surface area contributed by atoms with Crippen LogP contribution >= 0.6 is 0 Å². The maximum atomic E-state index is 5.40. The van der Waals surface area contributed by atoms with Gasteiger partial charge in [-0.3, -0.25) is 4.98 Å². The van der Waals surface area contributed by atoms with Crippen molar-refractivity contribution >= 4 is 5.69 Å². The lowest BCUT2D eigenvalue weighted by Gasteiger charge is -2.19. The zero-order valence-corrected chi connectivity index (χ0v) is 11.9. The molecule has 19 heavy (non-hydrogen) atoms. The summed E-state index contributed by atoms with van der Waals surface area (Å²) in [5.74, 6) is 0.903. The Balaban J connectivity index is 2.23. The number of aryl methyl sites for hydroxylation is 2. The fraction of sp³-hybridized carbons (Fsp3) is 0.312. The average molecular weight is 256 g/mol. The van der Waals surface area contributed by atoms with Gasteiger partial charge >= 0.3 is 0 Å². The van der Waals surface area contributed by atoms with Crippen molar-refractivity contribution < 1.29 is 4.74 Å². The van der Waals surface area contributed by atoms with E-state index in [9.17, 15) is 0 Å². The van der Waals surface area contributed by atoms with Crippen LogP contribution in [0.2, 0.25) is 0 Å². The van der Waals surface area contributed by atoms with E-state index in [-0.39, 0.29) is 6.04 Å². The van der Waals surface area contributed by atoms with E-state index in [1.165, 1.54) is 0 Å². The summed E-state index contributed by atoms with van der Waals surface area (Å²) in [5, 5.41) is 3.49. The third kappa shape index (κ3) is 3.05. The van der Waals surface area contributed by atoms with Crippen molar-refractivity contribution in [3.05, 3.63) is 53.3 Å². The Labute approximate surface area is 114 Å². The van der Waals surface area contributed by atoms with Crippen LogP contribution in [-0.4, -0.2) is 12.1 Å². The van der Waals surface area contributed by atoms with Gasteiger partial charge in [0.2, 0.25) is 0 Å². The van der Waals surface area contributed by atoms with E-state index in [0.717, 1.165) is 28.4 Å². The molecule has 1 heterocycles. The van der Waals surface area contributed by atoms with E-state index in [1.807, 2.05) is 38.1 Å². The highest BCUT2D eigenvalue weighted by Gasteiger charge is 2.11. The molecule has 0 bridgehead atoms. The van der Waals surface area contributed by atoms with Crippen molar-refractivity contribution in [3.8, 4) is 5.75 Å². The number of benzene rings is 1. The monoisotopic (exact) mass is 256 g/mol. The number of anilines is 1. The third-order valence-corrected chi connectivity index (χ3v) is 3.20. The standard InChI is InChI=1S/C16H20N2O/c1-11-9-10-15(13(3)17-11)18-12(2)14-7-5-6-8-16(14)19-4/h5-10,12,18H,1-4H3. The highest BCUT2D eigenvalue weighted by atomic mass is 16.5. The summed E-state index contributed by atoms with van der Waals surface area (Å²) < 4.78 is 5.40. The number of aromatic nitrogens is 1. The predicted molar refractivity (Wildman–Crippen MR) is 78.7 cm³/mol. The van der Waals surface area contributed by atoms with Crippen LogP contribution in [0.15, 0.2) is 36.4 Å². The molecule has 100 valence electrons. The normalized spacial score (nSPS) is 12.0. The molecule has 3 nitrogen and oxygen atoms in total. The maximum Gasteiger partial charge on any atom is 0.124 e. The molecule has 1 unspecified atom stereocenters. The van der Waals surface area contributed by atoms with E-state index in [0.29, 0.717) is 0 Å². The second-order valence-electron chi connectivity index (χ2n) is 4.69. The minimum Gasteiger partial charge on any atom is -0.496 e. The van der Waals surface area contributed by atoms with E-state index in [2.05, 4.69) is 29.4 Å². The number of nitrogens with one attached hydrogen (secondary N) is 1. The fourth-order valence-corrected chi connectivity index (χ4v) is 2.17. The van der Waals surface area contributed by atoms with Crippen molar-refractivity contribution in [2.45, 2.75) is 26.8 Å². The largest absolute Gasteiger partial charge is 0.496 e. The molecule has 0 aliphatic rings. The first-order valence-electron chi connectivity index (χ1n) is 6.45. The van der Waals surface area contributed by atoms with Gasteiger partial charge in [-0.05, 0) is 39.0 Å². The molecular formula is C16H20N2O. The first kappa shape index (κ1) is 13.4. The number of nitrogens with zero attached hydrogens (tertiary/aromatic N) is 1. The highest BCUT2D eigenvalue weighted by Crippen LogP contribution is 2.28. The highest BCUT2D eigenvalue weighted by molar-refractivity contribution is 5.51. The van der Waals surface area contributed by atoms with Gasteiger partial charge < -0.3 is 10.1 Å². The van der Waals surface area contributed by atoms with Crippen LogP contribution in [-0.2, 0) is 0 Å². The molecule has 2 aromatic rings. The summed E-state index contributed by atoms with van der Waals surface area (Å²) in [5.41, 5.74) is 4.25. The summed E-state index contributed by atoms with van der Waals surface area (Å²) in [6, 6.07) is 12.3. The van der Waals surface area contributed by atoms with Gasteiger partial charge in [0.15, 0.2) is 0 Å². The Hall–Kier alpha value is -2.03. The molecule has 0 spiro atoms. The van der Waals surface area contributed by atoms with Gasteiger partial charge in [0, 0.05) is 11.3 Å². The molecule has 1 atom stereocenters. The van der Waals surface area contributed by atoms with E-state index >= 15 is 0 Å². The number of pyridine rings is 1. The van der Waals surface area contributed by atoms with Gasteiger partial charge in [-0.25, -0.2) is 0 Å². The van der Waals surface area contributed by atoms with Crippen LogP contribution in [0, 0.1) is 13.8 Å². The van der Waals surface area contributed by atoms with E-state index in [1.54, 1.807) is 7.11 Å². The topological polar surface area (TPSA) is 34.1 Å². The van der Waals surface area contributed by atoms with Crippen molar-refractivity contribution in [3.63, 3.8) is 0 Å². The molecule has 0 saturated heterocycles. The van der Waals surface area contributed by atoms with Crippen LogP contribution in [0.4, 0.5) is 5.69 Å². The van der Waals surface area contributed by atoms with Crippen molar-refractivity contribution in [1.82, 2.24) is 4.98 Å². The second-order valence-corrected chi connectivity index (χ2v) is 4.69. The number of methoxy groups -OCH3 is 1. The van der Waals surface area contributed by atoms with Gasteiger partial charge in [-0.15, -0.1) is 0 Å². The molecule has 0 saturated carbocycles. The first-order chi connectivity index (χ1) is 9.11. The molecule has 3 heteroatoms. The number of para-hydroxylation sites is 1. The second kappa shape index (κ2) is 5.74. The molecule has 0 radical (unpaired) electrons. The Morgan fingerprint density at radius 3 is 2.53 bits per heavy atom. The number of hydrogen-bond donors (Lipinski definition) is 1. The van der Waals surface area contributed by atoms with Crippen LogP contribution in [0.3, 0.4) is 0 Å². The van der Waals surface area contributed by atoms with Gasteiger partial charge in [-0.2, -0.15) is 0 Å². The number of ether oxygens (including phenoxy) is 1. The zero-order chi connectivity index (χ0) is 13.8. The summed E-state index contributed by atoms with van der Waals surface area (Å²) in [7, 11) is 1.70. The Morgan fingerprint density at radius 1 is 1.11 bits per heavy atom. The third-order valence-electron chi connectivity index (χ3n) is 3.20.